The monoisotopic (exact) mass is 343 g/mol. The van der Waals surface area contributed by atoms with Crippen molar-refractivity contribution in [1.82, 2.24) is 24.8 Å². The maximum Gasteiger partial charge on any atom is 0.289 e. The highest BCUT2D eigenvalue weighted by atomic mass is 32.2. The van der Waals surface area contributed by atoms with Crippen molar-refractivity contribution in [2.24, 2.45) is 0 Å². The fourth-order valence-corrected chi connectivity index (χ4v) is 3.49. The highest BCUT2D eigenvalue weighted by Crippen LogP contribution is 2.26. The fraction of sp³-hybridized carbons (Fsp3) is 0.267. The maximum absolute atomic E-state index is 12.4. The number of likely N-dealkylation sites (tertiary alicyclic amines) is 1. The molecular formula is C15H13N5O3S. The summed E-state index contributed by atoms with van der Waals surface area (Å²) in [5.41, 5.74) is 1.01. The molecule has 122 valence electrons. The van der Waals surface area contributed by atoms with Gasteiger partial charge in [0, 0.05) is 13.1 Å². The second kappa shape index (κ2) is 5.75. The Morgan fingerprint density at radius 2 is 1.92 bits per heavy atom. The zero-order chi connectivity index (χ0) is 16.7. The van der Waals surface area contributed by atoms with Gasteiger partial charge in [-0.15, -0.1) is 5.10 Å². The van der Waals surface area contributed by atoms with Crippen LogP contribution in [0.2, 0.25) is 0 Å². The van der Waals surface area contributed by atoms with Crippen LogP contribution in [0.3, 0.4) is 0 Å². The number of aromatic nitrogens is 3. The lowest BCUT2D eigenvalue weighted by atomic mass is 10.1. The van der Waals surface area contributed by atoms with Gasteiger partial charge >= 0.3 is 0 Å². The number of imide groups is 1. The molecule has 0 unspecified atom stereocenters. The van der Waals surface area contributed by atoms with E-state index in [9.17, 15) is 14.4 Å². The molecule has 8 nitrogen and oxygen atoms in total. The zero-order valence-electron chi connectivity index (χ0n) is 12.5. The summed E-state index contributed by atoms with van der Waals surface area (Å²) in [6, 6.07) is 9.07. The number of thioether (sulfide) groups is 1. The van der Waals surface area contributed by atoms with Gasteiger partial charge in [0.1, 0.15) is 0 Å². The molecule has 0 bridgehead atoms. The normalized spacial score (nSPS) is 18.2. The van der Waals surface area contributed by atoms with Crippen LogP contribution >= 0.6 is 11.8 Å². The third-order valence-corrected chi connectivity index (χ3v) is 4.83. The van der Waals surface area contributed by atoms with Gasteiger partial charge in [-0.3, -0.25) is 19.3 Å². The number of para-hydroxylation sites is 1. The molecule has 0 saturated carbocycles. The Morgan fingerprint density at radius 3 is 2.58 bits per heavy atom. The van der Waals surface area contributed by atoms with Crippen molar-refractivity contribution in [3.05, 3.63) is 42.2 Å². The lowest BCUT2D eigenvalue weighted by molar-refractivity contribution is -0.128. The van der Waals surface area contributed by atoms with Gasteiger partial charge in [0.05, 0.1) is 23.7 Å². The van der Waals surface area contributed by atoms with Gasteiger partial charge in [-0.2, -0.15) is 9.90 Å². The predicted molar refractivity (Wildman–Crippen MR) is 85.8 cm³/mol. The minimum Gasteiger partial charge on any atom is -0.333 e. The number of carbonyl (C=O) groups is 3. The highest BCUT2D eigenvalue weighted by Gasteiger charge is 2.43. The summed E-state index contributed by atoms with van der Waals surface area (Å²) >= 11 is 1.01. The fourth-order valence-electron chi connectivity index (χ4n) is 2.71. The summed E-state index contributed by atoms with van der Waals surface area (Å²) in [5, 5.41) is 8.07. The summed E-state index contributed by atoms with van der Waals surface area (Å²) in [6.45, 7) is 0.685. The number of benzene rings is 1. The van der Waals surface area contributed by atoms with Crippen LogP contribution in [-0.4, -0.2) is 66.7 Å². The number of hydrogen-bond acceptors (Lipinski definition) is 6. The molecule has 1 aromatic heterocycles. The minimum absolute atomic E-state index is 0.183. The summed E-state index contributed by atoms with van der Waals surface area (Å²) in [4.78, 5) is 40.0. The van der Waals surface area contributed by atoms with Crippen molar-refractivity contribution in [2.45, 2.75) is 6.04 Å². The highest BCUT2D eigenvalue weighted by molar-refractivity contribution is 8.14. The summed E-state index contributed by atoms with van der Waals surface area (Å²) in [5.74, 6) is -0.244. The molecule has 2 aromatic rings. The van der Waals surface area contributed by atoms with Crippen LogP contribution in [0.1, 0.15) is 10.5 Å². The van der Waals surface area contributed by atoms with Gasteiger partial charge in [0.15, 0.2) is 5.69 Å². The second-order valence-electron chi connectivity index (χ2n) is 5.54. The minimum atomic E-state index is -0.250. The molecule has 2 fully saturated rings. The molecule has 3 heterocycles. The Balaban J connectivity index is 1.42. The first-order chi connectivity index (χ1) is 11.6. The van der Waals surface area contributed by atoms with E-state index in [1.807, 2.05) is 30.3 Å². The number of amides is 3. The van der Waals surface area contributed by atoms with E-state index in [2.05, 4.69) is 10.2 Å². The number of carbonyl (C=O) groups excluding carboxylic acids is 3. The Labute approximate surface area is 141 Å². The molecule has 0 spiro atoms. The van der Waals surface area contributed by atoms with E-state index in [-0.39, 0.29) is 34.5 Å². The van der Waals surface area contributed by atoms with E-state index in [4.69, 9.17) is 0 Å². The van der Waals surface area contributed by atoms with Gasteiger partial charge in [-0.05, 0) is 12.1 Å². The zero-order valence-corrected chi connectivity index (χ0v) is 13.3. The van der Waals surface area contributed by atoms with Crippen LogP contribution in [0.5, 0.6) is 0 Å². The Kier molecular flexibility index (Phi) is 3.57. The second-order valence-corrected chi connectivity index (χ2v) is 6.46. The van der Waals surface area contributed by atoms with E-state index in [0.29, 0.717) is 13.1 Å². The van der Waals surface area contributed by atoms with E-state index >= 15 is 0 Å². The molecule has 2 aliphatic heterocycles. The van der Waals surface area contributed by atoms with Crippen LogP contribution in [0, 0.1) is 0 Å². The van der Waals surface area contributed by atoms with E-state index in [1.54, 1.807) is 4.90 Å². The van der Waals surface area contributed by atoms with Crippen molar-refractivity contribution in [1.29, 1.82) is 0 Å². The number of nitrogens with zero attached hydrogens (tertiary/aromatic N) is 5. The van der Waals surface area contributed by atoms with Crippen LogP contribution in [0.25, 0.3) is 5.69 Å². The van der Waals surface area contributed by atoms with E-state index in [1.165, 1.54) is 15.9 Å². The van der Waals surface area contributed by atoms with Crippen LogP contribution < -0.4 is 0 Å². The quantitative estimate of drug-likeness (QED) is 0.819. The number of rotatable bonds is 3. The molecule has 0 atom stereocenters. The molecule has 2 aliphatic rings. The van der Waals surface area contributed by atoms with Crippen molar-refractivity contribution >= 4 is 28.8 Å². The van der Waals surface area contributed by atoms with Gasteiger partial charge in [-0.25, -0.2) is 0 Å². The molecular weight excluding hydrogens is 330 g/mol. The Hall–Kier alpha value is -2.68. The molecule has 1 aromatic carbocycles. The topological polar surface area (TPSA) is 88.4 Å². The molecule has 0 radical (unpaired) electrons. The predicted octanol–water partition coefficient (Wildman–Crippen LogP) is 0.787. The lowest BCUT2D eigenvalue weighted by Crippen LogP contribution is -2.62. The van der Waals surface area contributed by atoms with Crippen molar-refractivity contribution < 1.29 is 14.4 Å². The average molecular weight is 343 g/mol. The van der Waals surface area contributed by atoms with Gasteiger partial charge in [0.2, 0.25) is 5.91 Å². The lowest BCUT2D eigenvalue weighted by Gasteiger charge is -2.42. The molecule has 2 saturated heterocycles. The van der Waals surface area contributed by atoms with Gasteiger partial charge < -0.3 is 4.90 Å². The summed E-state index contributed by atoms with van der Waals surface area (Å²) < 4.78 is 0. The SMILES string of the molecule is O=C(c1cnn(-c2ccccc2)n1)N1CC(N2C(=O)CSC2=O)C1. The molecule has 24 heavy (non-hydrogen) atoms. The van der Waals surface area contributed by atoms with Crippen molar-refractivity contribution in [3.8, 4) is 5.69 Å². The average Bonchev–Trinajstić information content (AvgIpc) is 3.16. The maximum atomic E-state index is 12.4. The molecule has 4 rings (SSSR count). The van der Waals surface area contributed by atoms with Gasteiger partial charge in [-0.1, -0.05) is 30.0 Å². The van der Waals surface area contributed by atoms with Crippen LogP contribution in [0.4, 0.5) is 4.79 Å². The van der Waals surface area contributed by atoms with E-state index in [0.717, 1.165) is 17.4 Å². The number of hydrogen-bond donors (Lipinski definition) is 0. The van der Waals surface area contributed by atoms with E-state index < -0.39 is 0 Å². The van der Waals surface area contributed by atoms with Gasteiger partial charge in [0.25, 0.3) is 11.1 Å². The molecule has 9 heteroatoms. The smallest absolute Gasteiger partial charge is 0.289 e. The first-order valence-corrected chi connectivity index (χ1v) is 8.38. The summed E-state index contributed by atoms with van der Waals surface area (Å²) in [6.07, 6.45) is 1.42. The Bertz CT molecular complexity index is 800. The van der Waals surface area contributed by atoms with Crippen molar-refractivity contribution in [3.63, 3.8) is 0 Å². The standard InChI is InChI=1S/C15H13N5O3S/c21-13-9-24-15(23)19(13)11-7-18(8-11)14(22)12-6-16-20(17-12)10-4-2-1-3-5-10/h1-6,11H,7-9H2. The molecule has 0 N–H and O–H groups in total. The molecule has 3 amide bonds. The molecule has 0 aliphatic carbocycles. The largest absolute Gasteiger partial charge is 0.333 e. The van der Waals surface area contributed by atoms with Crippen LogP contribution in [-0.2, 0) is 4.79 Å². The first kappa shape index (κ1) is 14.9. The summed E-state index contributed by atoms with van der Waals surface area (Å²) in [7, 11) is 0. The third-order valence-electron chi connectivity index (χ3n) is 4.00. The van der Waals surface area contributed by atoms with Crippen LogP contribution in [0.15, 0.2) is 36.5 Å². The Morgan fingerprint density at radius 1 is 1.17 bits per heavy atom. The third kappa shape index (κ3) is 2.46. The first-order valence-electron chi connectivity index (χ1n) is 7.39. The van der Waals surface area contributed by atoms with Crippen molar-refractivity contribution in [2.75, 3.05) is 18.8 Å².